The maximum atomic E-state index is 15.1. The summed E-state index contributed by atoms with van der Waals surface area (Å²) < 4.78 is 46.0. The molecule has 2 heterocycles. The van der Waals surface area contributed by atoms with Gasteiger partial charge in [0.15, 0.2) is 0 Å². The van der Waals surface area contributed by atoms with Gasteiger partial charge in [-0.2, -0.15) is 5.10 Å². The van der Waals surface area contributed by atoms with Crippen LogP contribution in [-0.4, -0.2) is 48.9 Å². The van der Waals surface area contributed by atoms with Gasteiger partial charge in [0.05, 0.1) is 16.7 Å². The average molecular weight is 501 g/mol. The van der Waals surface area contributed by atoms with Gasteiger partial charge in [-0.15, -0.1) is 0 Å². The van der Waals surface area contributed by atoms with Gasteiger partial charge in [0, 0.05) is 31.8 Å². The molecule has 2 N–H and O–H groups in total. The van der Waals surface area contributed by atoms with Gasteiger partial charge in [0.1, 0.15) is 11.5 Å². The lowest BCUT2D eigenvalue weighted by atomic mass is 10.1. The highest BCUT2D eigenvalue weighted by molar-refractivity contribution is 7.89. The van der Waals surface area contributed by atoms with E-state index < -0.39 is 15.8 Å². The third-order valence-electron chi connectivity index (χ3n) is 6.18. The average Bonchev–Trinajstić information content (AvgIpc) is 3.18. The number of likely N-dealkylation sites (tertiary alicyclic amines) is 1. The highest BCUT2D eigenvalue weighted by Crippen LogP contribution is 2.23. The molecule has 0 aliphatic carbocycles. The Morgan fingerprint density at radius 3 is 2.74 bits per heavy atom. The molecule has 9 heteroatoms. The van der Waals surface area contributed by atoms with Crippen LogP contribution in [0.1, 0.15) is 48.7 Å². The molecular formula is C26H33FN4O3S. The van der Waals surface area contributed by atoms with Crippen LogP contribution in [0.3, 0.4) is 0 Å². The minimum atomic E-state index is -4.00. The number of benzene rings is 2. The summed E-state index contributed by atoms with van der Waals surface area (Å²) in [5, 5.41) is 9.92. The number of halogens is 1. The van der Waals surface area contributed by atoms with E-state index in [0.717, 1.165) is 67.5 Å². The smallest absolute Gasteiger partial charge is 0.238 e. The van der Waals surface area contributed by atoms with E-state index in [1.807, 2.05) is 31.2 Å². The molecule has 1 aliphatic heterocycles. The van der Waals surface area contributed by atoms with E-state index in [1.165, 1.54) is 12.1 Å². The number of hydrogen-bond donors (Lipinski definition) is 1. The molecule has 35 heavy (non-hydrogen) atoms. The second-order valence-electron chi connectivity index (χ2n) is 9.23. The van der Waals surface area contributed by atoms with E-state index in [1.54, 1.807) is 4.68 Å². The summed E-state index contributed by atoms with van der Waals surface area (Å²) in [6, 6.07) is 13.8. The monoisotopic (exact) mass is 500 g/mol. The molecule has 0 bridgehead atoms. The highest BCUT2D eigenvalue weighted by atomic mass is 32.2. The number of aromatic nitrogens is 2. The molecule has 1 aromatic heterocycles. The summed E-state index contributed by atoms with van der Waals surface area (Å²) in [7, 11) is -4.00. The van der Waals surface area contributed by atoms with Crippen LogP contribution in [0.5, 0.6) is 0 Å². The zero-order valence-corrected chi connectivity index (χ0v) is 21.1. The number of hydrogen-bond acceptors (Lipinski definition) is 5. The van der Waals surface area contributed by atoms with Gasteiger partial charge in [-0.05, 0) is 62.6 Å². The molecule has 1 aliphatic rings. The summed E-state index contributed by atoms with van der Waals surface area (Å²) in [5.41, 5.74) is 4.07. The summed E-state index contributed by atoms with van der Waals surface area (Å²) in [4.78, 5) is 2.06. The summed E-state index contributed by atoms with van der Waals surface area (Å²) in [5.74, 6) is -0.692. The fourth-order valence-corrected chi connectivity index (χ4v) is 5.09. The van der Waals surface area contributed by atoms with Crippen molar-refractivity contribution in [3.8, 4) is 5.69 Å². The number of nitrogens with zero attached hydrogens (tertiary/aromatic N) is 3. The van der Waals surface area contributed by atoms with Crippen LogP contribution in [0, 0.1) is 12.7 Å². The standard InChI is InChI=1S/C26H33FN4O3S/c1-3-12-34-23-8-5-11-30(18-23)17-21-15-22(14-20-7-4-6-19(2)13-20)31(29-21)26-10-9-24(16-25(26)27)35(28,32)33/h4,6-7,9-10,13,15-16,23H,3,5,8,11-12,14,17-18H2,1-2H3,(H2,28,32,33). The Labute approximate surface area is 206 Å². The van der Waals surface area contributed by atoms with E-state index in [-0.39, 0.29) is 16.7 Å². The molecule has 4 rings (SSSR count). The number of primary sulfonamides is 1. The molecule has 1 fully saturated rings. The molecule has 0 saturated carbocycles. The Morgan fingerprint density at radius 1 is 1.20 bits per heavy atom. The van der Waals surface area contributed by atoms with Gasteiger partial charge in [-0.1, -0.05) is 36.8 Å². The lowest BCUT2D eigenvalue weighted by Crippen LogP contribution is -2.39. The molecule has 7 nitrogen and oxygen atoms in total. The molecule has 1 unspecified atom stereocenters. The van der Waals surface area contributed by atoms with Crippen molar-refractivity contribution >= 4 is 10.0 Å². The number of nitrogens with two attached hydrogens (primary N) is 1. The summed E-state index contributed by atoms with van der Waals surface area (Å²) >= 11 is 0. The topological polar surface area (TPSA) is 90.5 Å². The summed E-state index contributed by atoms with van der Waals surface area (Å²) in [6.07, 6.45) is 3.91. The lowest BCUT2D eigenvalue weighted by Gasteiger charge is -2.32. The normalized spacial score (nSPS) is 17.1. The van der Waals surface area contributed by atoms with Crippen molar-refractivity contribution in [1.82, 2.24) is 14.7 Å². The van der Waals surface area contributed by atoms with Gasteiger partial charge in [-0.3, -0.25) is 4.90 Å². The first-order valence-electron chi connectivity index (χ1n) is 12.0. The number of sulfonamides is 1. The maximum absolute atomic E-state index is 15.1. The molecule has 0 radical (unpaired) electrons. The van der Waals surface area contributed by atoms with Crippen molar-refractivity contribution in [2.24, 2.45) is 5.14 Å². The third-order valence-corrected chi connectivity index (χ3v) is 7.09. The van der Waals surface area contributed by atoms with Crippen molar-refractivity contribution < 1.29 is 17.5 Å². The molecule has 2 aromatic carbocycles. The van der Waals surface area contributed by atoms with Crippen LogP contribution in [0.2, 0.25) is 0 Å². The predicted octanol–water partition coefficient (Wildman–Crippen LogP) is 3.95. The summed E-state index contributed by atoms with van der Waals surface area (Å²) in [6.45, 7) is 7.35. The van der Waals surface area contributed by atoms with Gasteiger partial charge in [0.2, 0.25) is 10.0 Å². The van der Waals surface area contributed by atoms with Crippen LogP contribution in [0.15, 0.2) is 53.4 Å². The largest absolute Gasteiger partial charge is 0.377 e. The van der Waals surface area contributed by atoms with Gasteiger partial charge in [0.25, 0.3) is 0 Å². The Balaban J connectivity index is 1.64. The molecule has 1 saturated heterocycles. The SMILES string of the molecule is CCCOC1CCCN(Cc2cc(Cc3cccc(C)c3)n(-c3ccc(S(N)(=O)=O)cc3F)n2)C1. The zero-order valence-electron chi connectivity index (χ0n) is 20.3. The minimum Gasteiger partial charge on any atom is -0.377 e. The molecular weight excluding hydrogens is 467 g/mol. The fraction of sp³-hybridized carbons (Fsp3) is 0.423. The maximum Gasteiger partial charge on any atom is 0.238 e. The van der Waals surface area contributed by atoms with E-state index >= 15 is 4.39 Å². The third kappa shape index (κ3) is 6.55. The van der Waals surface area contributed by atoms with Crippen LogP contribution >= 0.6 is 0 Å². The lowest BCUT2D eigenvalue weighted by molar-refractivity contribution is -0.00254. The zero-order chi connectivity index (χ0) is 25.0. The van der Waals surface area contributed by atoms with Crippen molar-refractivity contribution in [3.05, 3.63) is 76.9 Å². The first-order valence-corrected chi connectivity index (χ1v) is 13.6. The number of piperidine rings is 1. The first-order chi connectivity index (χ1) is 16.7. The molecule has 0 spiro atoms. The van der Waals surface area contributed by atoms with Gasteiger partial charge < -0.3 is 4.74 Å². The van der Waals surface area contributed by atoms with Crippen LogP contribution < -0.4 is 5.14 Å². The van der Waals surface area contributed by atoms with Gasteiger partial charge in [-0.25, -0.2) is 22.6 Å². The van der Waals surface area contributed by atoms with Crippen molar-refractivity contribution in [2.75, 3.05) is 19.7 Å². The van der Waals surface area contributed by atoms with E-state index in [4.69, 9.17) is 15.0 Å². The number of aryl methyl sites for hydroxylation is 1. The molecule has 0 amide bonds. The first kappa shape index (κ1) is 25.5. The Hall–Kier alpha value is -2.59. The van der Waals surface area contributed by atoms with Crippen molar-refractivity contribution in [2.45, 2.75) is 57.1 Å². The molecule has 3 aromatic rings. The van der Waals surface area contributed by atoms with E-state index in [9.17, 15) is 8.42 Å². The van der Waals surface area contributed by atoms with E-state index in [2.05, 4.69) is 17.9 Å². The van der Waals surface area contributed by atoms with Crippen LogP contribution in [0.25, 0.3) is 5.69 Å². The molecule has 188 valence electrons. The second kappa shape index (κ2) is 11.0. The van der Waals surface area contributed by atoms with Crippen LogP contribution in [-0.2, 0) is 27.7 Å². The minimum absolute atomic E-state index is 0.189. The van der Waals surface area contributed by atoms with Gasteiger partial charge >= 0.3 is 0 Å². The second-order valence-corrected chi connectivity index (χ2v) is 10.8. The number of ether oxygens (including phenoxy) is 1. The Morgan fingerprint density at radius 2 is 2.03 bits per heavy atom. The number of rotatable bonds is 9. The quantitative estimate of drug-likeness (QED) is 0.481. The Kier molecular flexibility index (Phi) is 8.01. The highest BCUT2D eigenvalue weighted by Gasteiger charge is 2.23. The van der Waals surface area contributed by atoms with Crippen molar-refractivity contribution in [1.29, 1.82) is 0 Å². The van der Waals surface area contributed by atoms with E-state index in [0.29, 0.717) is 13.0 Å². The van der Waals surface area contributed by atoms with Crippen molar-refractivity contribution in [3.63, 3.8) is 0 Å². The predicted molar refractivity (Wildman–Crippen MR) is 133 cm³/mol. The molecule has 1 atom stereocenters. The fourth-order valence-electron chi connectivity index (χ4n) is 4.56. The van der Waals surface area contributed by atoms with Crippen LogP contribution in [0.4, 0.5) is 4.39 Å². The Bertz CT molecular complexity index is 1280.